The van der Waals surface area contributed by atoms with Crippen LogP contribution in [0.2, 0.25) is 0 Å². The summed E-state index contributed by atoms with van der Waals surface area (Å²) in [5.41, 5.74) is 6.02. The normalized spacial score (nSPS) is 28.2. The third-order valence-corrected chi connectivity index (χ3v) is 5.73. The number of likely N-dealkylation sites (tertiary alicyclic amines) is 1. The molecule has 0 aromatic rings. The van der Waals surface area contributed by atoms with Crippen molar-refractivity contribution in [3.8, 4) is 0 Å². The van der Waals surface area contributed by atoms with Crippen LogP contribution in [0.5, 0.6) is 0 Å². The molecule has 3 N–H and O–H groups in total. The Hall–Kier alpha value is -0.0400. The number of nitrogens with zero attached hydrogens (tertiary/aromatic N) is 2. The molecular weight excluding hydrogens is 387 g/mol. The van der Waals surface area contributed by atoms with E-state index >= 15 is 0 Å². The zero-order valence-corrected chi connectivity index (χ0v) is 16.1. The van der Waals surface area contributed by atoms with E-state index in [1.165, 1.54) is 70.8 Å². The maximum absolute atomic E-state index is 6.02. The van der Waals surface area contributed by atoms with Gasteiger partial charge in [0.25, 0.3) is 0 Å². The van der Waals surface area contributed by atoms with E-state index in [0.717, 1.165) is 25.0 Å². The van der Waals surface area contributed by atoms with Gasteiger partial charge >= 0.3 is 0 Å². The molecule has 2 saturated carbocycles. The van der Waals surface area contributed by atoms with Crippen LogP contribution >= 0.6 is 24.0 Å². The Bertz CT molecular complexity index is 351. The third-order valence-electron chi connectivity index (χ3n) is 5.73. The summed E-state index contributed by atoms with van der Waals surface area (Å²) >= 11 is 0. The maximum Gasteiger partial charge on any atom is 0.188 e. The van der Waals surface area contributed by atoms with Crippen LogP contribution in [0, 0.1) is 5.92 Å². The maximum atomic E-state index is 6.02. The molecule has 0 amide bonds. The van der Waals surface area contributed by atoms with Crippen LogP contribution in [0.1, 0.15) is 64.2 Å². The lowest BCUT2D eigenvalue weighted by atomic mass is 9.86. The molecule has 1 unspecified atom stereocenters. The number of halogens is 1. The van der Waals surface area contributed by atoms with Crippen molar-refractivity contribution < 1.29 is 0 Å². The molecule has 0 aromatic carbocycles. The first-order valence-electron chi connectivity index (χ1n) is 9.12. The quantitative estimate of drug-likeness (QED) is 0.408. The standard InChI is InChI=1S/C17H32N4.HI/c18-17(19-12-14-6-4-7-14)20-13-16-10-5-11-21(16)15-8-2-1-3-9-15;/h14-16H,1-13H2,(H3,18,19,20);1H. The van der Waals surface area contributed by atoms with Gasteiger partial charge in [-0.3, -0.25) is 9.89 Å². The van der Waals surface area contributed by atoms with Crippen LogP contribution in [-0.2, 0) is 0 Å². The molecule has 2 aliphatic carbocycles. The van der Waals surface area contributed by atoms with Gasteiger partial charge in [-0.05, 0) is 51.0 Å². The number of guanidine groups is 1. The van der Waals surface area contributed by atoms with E-state index in [2.05, 4.69) is 15.2 Å². The first-order valence-corrected chi connectivity index (χ1v) is 9.12. The van der Waals surface area contributed by atoms with Gasteiger partial charge in [0.1, 0.15) is 0 Å². The van der Waals surface area contributed by atoms with E-state index < -0.39 is 0 Å². The Labute approximate surface area is 152 Å². The second kappa shape index (κ2) is 9.30. The molecule has 1 aliphatic heterocycles. The van der Waals surface area contributed by atoms with Crippen LogP contribution in [0.3, 0.4) is 0 Å². The molecule has 0 radical (unpaired) electrons. The zero-order chi connectivity index (χ0) is 14.5. The Morgan fingerprint density at radius 1 is 1.00 bits per heavy atom. The number of hydrogen-bond donors (Lipinski definition) is 2. The lowest BCUT2D eigenvalue weighted by molar-refractivity contribution is 0.143. The predicted molar refractivity (Wildman–Crippen MR) is 104 cm³/mol. The fourth-order valence-electron chi connectivity index (χ4n) is 4.15. The Morgan fingerprint density at radius 2 is 1.77 bits per heavy atom. The molecule has 1 saturated heterocycles. The van der Waals surface area contributed by atoms with Gasteiger partial charge in [-0.1, -0.05) is 25.7 Å². The number of rotatable bonds is 5. The van der Waals surface area contributed by atoms with Gasteiger partial charge in [-0.15, -0.1) is 24.0 Å². The molecule has 5 heteroatoms. The highest BCUT2D eigenvalue weighted by atomic mass is 127. The molecule has 0 spiro atoms. The monoisotopic (exact) mass is 420 g/mol. The van der Waals surface area contributed by atoms with Crippen molar-refractivity contribution in [2.45, 2.75) is 76.3 Å². The fraction of sp³-hybridized carbons (Fsp3) is 0.941. The van der Waals surface area contributed by atoms with Crippen molar-refractivity contribution in [2.24, 2.45) is 16.6 Å². The molecule has 3 fully saturated rings. The highest BCUT2D eigenvalue weighted by Crippen LogP contribution is 2.29. The highest BCUT2D eigenvalue weighted by Gasteiger charge is 2.31. The van der Waals surface area contributed by atoms with Crippen molar-refractivity contribution in [3.63, 3.8) is 0 Å². The zero-order valence-electron chi connectivity index (χ0n) is 13.8. The minimum Gasteiger partial charge on any atom is -0.370 e. The summed E-state index contributed by atoms with van der Waals surface area (Å²) in [5.74, 6) is 1.47. The molecular formula is C17H33IN4. The van der Waals surface area contributed by atoms with Crippen LogP contribution in [0.4, 0.5) is 0 Å². The second-order valence-electron chi connectivity index (χ2n) is 7.23. The highest BCUT2D eigenvalue weighted by molar-refractivity contribution is 14.0. The summed E-state index contributed by atoms with van der Waals surface area (Å²) in [6.07, 6.45) is 13.8. The van der Waals surface area contributed by atoms with Crippen molar-refractivity contribution >= 4 is 29.9 Å². The van der Waals surface area contributed by atoms with Crippen LogP contribution < -0.4 is 11.1 Å². The first kappa shape index (κ1) is 18.3. The first-order chi connectivity index (χ1) is 10.3. The number of nitrogens with two attached hydrogens (primary N) is 1. The van der Waals surface area contributed by atoms with Crippen molar-refractivity contribution in [2.75, 3.05) is 19.6 Å². The summed E-state index contributed by atoms with van der Waals surface area (Å²) in [6, 6.07) is 1.51. The topological polar surface area (TPSA) is 53.6 Å². The molecule has 4 nitrogen and oxygen atoms in total. The molecule has 128 valence electrons. The van der Waals surface area contributed by atoms with Gasteiger partial charge in [0.05, 0.1) is 0 Å². The summed E-state index contributed by atoms with van der Waals surface area (Å²) in [4.78, 5) is 7.26. The molecule has 22 heavy (non-hydrogen) atoms. The smallest absolute Gasteiger partial charge is 0.188 e. The summed E-state index contributed by atoms with van der Waals surface area (Å²) in [6.45, 7) is 3.20. The average molecular weight is 420 g/mol. The Balaban J connectivity index is 0.00000176. The van der Waals surface area contributed by atoms with E-state index in [9.17, 15) is 0 Å². The predicted octanol–water partition coefficient (Wildman–Crippen LogP) is 3.11. The minimum atomic E-state index is 0. The molecule has 0 bridgehead atoms. The second-order valence-corrected chi connectivity index (χ2v) is 7.23. The summed E-state index contributed by atoms with van der Waals surface area (Å²) in [5, 5.41) is 3.38. The van der Waals surface area contributed by atoms with Crippen molar-refractivity contribution in [1.29, 1.82) is 0 Å². The fourth-order valence-corrected chi connectivity index (χ4v) is 4.15. The summed E-state index contributed by atoms with van der Waals surface area (Å²) in [7, 11) is 0. The van der Waals surface area contributed by atoms with Gasteiger partial charge < -0.3 is 11.1 Å². The Morgan fingerprint density at radius 3 is 2.45 bits per heavy atom. The van der Waals surface area contributed by atoms with E-state index in [-0.39, 0.29) is 24.0 Å². The largest absolute Gasteiger partial charge is 0.370 e. The van der Waals surface area contributed by atoms with E-state index in [0.29, 0.717) is 12.0 Å². The van der Waals surface area contributed by atoms with Gasteiger partial charge in [-0.2, -0.15) is 0 Å². The lowest BCUT2D eigenvalue weighted by Crippen LogP contribution is -2.47. The van der Waals surface area contributed by atoms with Crippen LogP contribution in [-0.4, -0.2) is 42.6 Å². The van der Waals surface area contributed by atoms with Crippen LogP contribution in [0.15, 0.2) is 4.99 Å². The molecule has 1 atom stereocenters. The van der Waals surface area contributed by atoms with Gasteiger partial charge in [0.15, 0.2) is 5.96 Å². The Kier molecular flexibility index (Phi) is 7.74. The van der Waals surface area contributed by atoms with E-state index in [1.807, 2.05) is 0 Å². The van der Waals surface area contributed by atoms with Crippen molar-refractivity contribution in [3.05, 3.63) is 0 Å². The van der Waals surface area contributed by atoms with E-state index in [1.54, 1.807) is 0 Å². The molecule has 3 rings (SSSR count). The SMILES string of the molecule is I.NC(=NCC1CCC1)NCC1CCCN1C1CCCCC1. The van der Waals surface area contributed by atoms with Gasteiger partial charge in [0, 0.05) is 25.2 Å². The lowest BCUT2D eigenvalue weighted by Gasteiger charge is -2.35. The average Bonchev–Trinajstić information content (AvgIpc) is 2.93. The van der Waals surface area contributed by atoms with Crippen LogP contribution in [0.25, 0.3) is 0 Å². The molecule has 0 aromatic heterocycles. The number of nitrogens with one attached hydrogen (secondary N) is 1. The van der Waals surface area contributed by atoms with E-state index in [4.69, 9.17) is 5.73 Å². The number of aliphatic imine (C=N–C) groups is 1. The molecule has 3 aliphatic rings. The van der Waals surface area contributed by atoms with Gasteiger partial charge in [0.2, 0.25) is 0 Å². The number of hydrogen-bond acceptors (Lipinski definition) is 2. The molecule has 1 heterocycles. The summed E-state index contributed by atoms with van der Waals surface area (Å²) < 4.78 is 0. The van der Waals surface area contributed by atoms with Crippen molar-refractivity contribution in [1.82, 2.24) is 10.2 Å². The van der Waals surface area contributed by atoms with Gasteiger partial charge in [-0.25, -0.2) is 0 Å². The minimum absolute atomic E-state index is 0. The third kappa shape index (κ3) is 4.98.